The molecule has 90 valence electrons. The molecule has 3 rings (SSSR count). The molecule has 3 aliphatic rings. The van der Waals surface area contributed by atoms with Crippen molar-refractivity contribution in [3.8, 4) is 0 Å². The van der Waals surface area contributed by atoms with Crippen molar-refractivity contribution in [2.24, 2.45) is 28.9 Å². The van der Waals surface area contributed by atoms with Gasteiger partial charge in [0.15, 0.2) is 0 Å². The van der Waals surface area contributed by atoms with Crippen molar-refractivity contribution in [2.45, 2.75) is 57.9 Å². The summed E-state index contributed by atoms with van der Waals surface area (Å²) in [6.45, 7) is 1.77. The van der Waals surface area contributed by atoms with Crippen LogP contribution in [0.4, 0.5) is 0 Å². The molecule has 2 bridgehead atoms. The SMILES string of the molecule is CC(=O)[C@H]1CCC[C@]2(C1)[C@H]1CCC(C1)[C@@H]2N. The van der Waals surface area contributed by atoms with E-state index in [0.717, 1.165) is 24.7 Å². The Morgan fingerprint density at radius 3 is 2.75 bits per heavy atom. The lowest BCUT2D eigenvalue weighted by molar-refractivity contribution is -0.124. The minimum absolute atomic E-state index is 0.319. The zero-order chi connectivity index (χ0) is 11.3. The number of carbonyl (C=O) groups excluding carboxylic acids is 1. The monoisotopic (exact) mass is 221 g/mol. The largest absolute Gasteiger partial charge is 0.327 e. The van der Waals surface area contributed by atoms with Gasteiger partial charge < -0.3 is 5.73 Å². The van der Waals surface area contributed by atoms with Crippen molar-refractivity contribution in [2.75, 3.05) is 0 Å². The number of hydrogen-bond acceptors (Lipinski definition) is 2. The number of hydrogen-bond donors (Lipinski definition) is 1. The van der Waals surface area contributed by atoms with Gasteiger partial charge in [-0.1, -0.05) is 6.42 Å². The summed E-state index contributed by atoms with van der Waals surface area (Å²) < 4.78 is 0. The van der Waals surface area contributed by atoms with E-state index in [0.29, 0.717) is 23.2 Å². The molecule has 5 atom stereocenters. The van der Waals surface area contributed by atoms with E-state index in [1.165, 1.54) is 32.1 Å². The summed E-state index contributed by atoms with van der Waals surface area (Å²) in [5, 5.41) is 0. The summed E-state index contributed by atoms with van der Waals surface area (Å²) in [6, 6.07) is 0.397. The van der Waals surface area contributed by atoms with Gasteiger partial charge in [-0.2, -0.15) is 0 Å². The fourth-order valence-corrected chi connectivity index (χ4v) is 4.97. The molecule has 2 N–H and O–H groups in total. The van der Waals surface area contributed by atoms with Crippen molar-refractivity contribution in [1.82, 2.24) is 0 Å². The Hall–Kier alpha value is -0.370. The highest BCUT2D eigenvalue weighted by atomic mass is 16.1. The van der Waals surface area contributed by atoms with Gasteiger partial charge in [-0.05, 0) is 62.7 Å². The molecule has 0 aromatic rings. The predicted octanol–water partition coefficient (Wildman–Crippen LogP) is 2.51. The molecule has 0 aromatic carbocycles. The van der Waals surface area contributed by atoms with Crippen LogP contribution in [0.2, 0.25) is 0 Å². The van der Waals surface area contributed by atoms with Gasteiger partial charge in [0.2, 0.25) is 0 Å². The molecule has 3 saturated carbocycles. The summed E-state index contributed by atoms with van der Waals surface area (Å²) in [5.74, 6) is 2.33. The molecule has 16 heavy (non-hydrogen) atoms. The van der Waals surface area contributed by atoms with Crippen LogP contribution in [0.3, 0.4) is 0 Å². The number of carbonyl (C=O) groups is 1. The molecule has 3 aliphatic carbocycles. The lowest BCUT2D eigenvalue weighted by atomic mass is 9.59. The van der Waals surface area contributed by atoms with Gasteiger partial charge in [0, 0.05) is 12.0 Å². The van der Waals surface area contributed by atoms with Gasteiger partial charge in [0.05, 0.1) is 0 Å². The number of nitrogens with two attached hydrogens (primary N) is 1. The Balaban J connectivity index is 1.85. The van der Waals surface area contributed by atoms with Crippen LogP contribution in [0.15, 0.2) is 0 Å². The van der Waals surface area contributed by atoms with Gasteiger partial charge in [0.25, 0.3) is 0 Å². The number of fused-ring (bicyclic) bond motifs is 3. The van der Waals surface area contributed by atoms with Crippen LogP contribution in [-0.4, -0.2) is 11.8 Å². The molecule has 0 aromatic heterocycles. The van der Waals surface area contributed by atoms with E-state index in [2.05, 4.69) is 0 Å². The fraction of sp³-hybridized carbons (Fsp3) is 0.929. The third-order valence-corrected chi connectivity index (χ3v) is 5.85. The van der Waals surface area contributed by atoms with Crippen LogP contribution < -0.4 is 5.73 Å². The van der Waals surface area contributed by atoms with Crippen LogP contribution in [-0.2, 0) is 4.79 Å². The van der Waals surface area contributed by atoms with E-state index < -0.39 is 0 Å². The third-order valence-electron chi connectivity index (χ3n) is 5.85. The first kappa shape index (κ1) is 10.8. The summed E-state index contributed by atoms with van der Waals surface area (Å²) in [4.78, 5) is 11.6. The molecule has 1 unspecified atom stereocenters. The summed E-state index contributed by atoms with van der Waals surface area (Å²) in [6.07, 6.45) is 8.80. The zero-order valence-electron chi connectivity index (χ0n) is 10.2. The first-order valence-corrected chi connectivity index (χ1v) is 6.89. The van der Waals surface area contributed by atoms with E-state index >= 15 is 0 Å². The maximum Gasteiger partial charge on any atom is 0.132 e. The average molecular weight is 221 g/mol. The molecular weight excluding hydrogens is 198 g/mol. The summed E-state index contributed by atoms with van der Waals surface area (Å²) >= 11 is 0. The van der Waals surface area contributed by atoms with Gasteiger partial charge >= 0.3 is 0 Å². The van der Waals surface area contributed by atoms with E-state index in [1.807, 2.05) is 0 Å². The van der Waals surface area contributed by atoms with Gasteiger partial charge in [-0.25, -0.2) is 0 Å². The van der Waals surface area contributed by atoms with E-state index in [1.54, 1.807) is 6.92 Å². The molecule has 0 aliphatic heterocycles. The molecule has 1 spiro atoms. The average Bonchev–Trinajstić information content (AvgIpc) is 2.84. The van der Waals surface area contributed by atoms with Crippen LogP contribution in [0, 0.1) is 23.2 Å². The first-order chi connectivity index (χ1) is 7.63. The molecule has 0 amide bonds. The second kappa shape index (κ2) is 3.56. The van der Waals surface area contributed by atoms with Crippen molar-refractivity contribution in [3.05, 3.63) is 0 Å². The smallest absolute Gasteiger partial charge is 0.132 e. The highest BCUT2D eigenvalue weighted by molar-refractivity contribution is 5.78. The molecule has 2 nitrogen and oxygen atoms in total. The van der Waals surface area contributed by atoms with E-state index in [-0.39, 0.29) is 0 Å². The van der Waals surface area contributed by atoms with Gasteiger partial charge in [0.1, 0.15) is 5.78 Å². The first-order valence-electron chi connectivity index (χ1n) is 6.89. The topological polar surface area (TPSA) is 43.1 Å². The Morgan fingerprint density at radius 1 is 1.31 bits per heavy atom. The summed E-state index contributed by atoms with van der Waals surface area (Å²) in [7, 11) is 0. The highest BCUT2D eigenvalue weighted by Crippen LogP contribution is 2.61. The van der Waals surface area contributed by atoms with E-state index in [4.69, 9.17) is 5.73 Å². The normalized spacial score (nSPS) is 51.1. The van der Waals surface area contributed by atoms with Crippen LogP contribution in [0.5, 0.6) is 0 Å². The Morgan fingerprint density at radius 2 is 2.12 bits per heavy atom. The van der Waals surface area contributed by atoms with Crippen molar-refractivity contribution < 1.29 is 4.79 Å². The predicted molar refractivity (Wildman–Crippen MR) is 63.9 cm³/mol. The lowest BCUT2D eigenvalue weighted by Gasteiger charge is -2.47. The van der Waals surface area contributed by atoms with Gasteiger partial charge in [-0.3, -0.25) is 4.79 Å². The fourth-order valence-electron chi connectivity index (χ4n) is 4.97. The number of rotatable bonds is 1. The lowest BCUT2D eigenvalue weighted by Crippen LogP contribution is -2.49. The van der Waals surface area contributed by atoms with Crippen LogP contribution in [0.25, 0.3) is 0 Å². The highest BCUT2D eigenvalue weighted by Gasteiger charge is 2.57. The third kappa shape index (κ3) is 1.32. The zero-order valence-corrected chi connectivity index (χ0v) is 10.2. The van der Waals surface area contributed by atoms with Crippen LogP contribution in [0.1, 0.15) is 51.9 Å². The quantitative estimate of drug-likeness (QED) is 0.739. The molecule has 2 heteroatoms. The molecular formula is C14H23NO. The Labute approximate surface area is 98.0 Å². The molecule has 0 heterocycles. The number of Topliss-reactive ketones (excluding diaryl/α,β-unsaturated/α-hetero) is 1. The maximum atomic E-state index is 11.6. The molecule has 0 radical (unpaired) electrons. The van der Waals surface area contributed by atoms with Crippen molar-refractivity contribution in [3.63, 3.8) is 0 Å². The van der Waals surface area contributed by atoms with E-state index in [9.17, 15) is 4.79 Å². The second-order valence-corrected chi connectivity index (χ2v) is 6.43. The molecule has 3 fully saturated rings. The minimum Gasteiger partial charge on any atom is -0.327 e. The van der Waals surface area contributed by atoms with Crippen LogP contribution >= 0.6 is 0 Å². The minimum atomic E-state index is 0.319. The molecule has 0 saturated heterocycles. The van der Waals surface area contributed by atoms with Crippen molar-refractivity contribution >= 4 is 5.78 Å². The maximum absolute atomic E-state index is 11.6. The standard InChI is InChI=1S/C14H23NO/c1-9(16)11-3-2-6-14(8-11)12-5-4-10(7-12)13(14)15/h10-13H,2-8,15H2,1H3/t10?,11-,12-,13-,14-/m0/s1. The Bertz CT molecular complexity index is 310. The number of ketones is 1. The van der Waals surface area contributed by atoms with Gasteiger partial charge in [-0.15, -0.1) is 0 Å². The Kier molecular flexibility index (Phi) is 2.39. The second-order valence-electron chi connectivity index (χ2n) is 6.43. The van der Waals surface area contributed by atoms with Crippen molar-refractivity contribution in [1.29, 1.82) is 0 Å². The summed E-state index contributed by atoms with van der Waals surface area (Å²) in [5.41, 5.74) is 6.84.